The first-order chi connectivity index (χ1) is 25.2. The van der Waals surface area contributed by atoms with Crippen molar-refractivity contribution in [2.45, 2.75) is 220 Å². The van der Waals surface area contributed by atoms with Crippen LogP contribution in [0.1, 0.15) is 214 Å². The lowest BCUT2D eigenvalue weighted by Crippen LogP contribution is -2.63. The van der Waals surface area contributed by atoms with E-state index in [9.17, 15) is 9.59 Å². The van der Waals surface area contributed by atoms with Crippen molar-refractivity contribution < 1.29 is 24.2 Å². The summed E-state index contributed by atoms with van der Waals surface area (Å²) in [5, 5.41) is 10.4. The molecule has 5 fully saturated rings. The number of carboxylic acid groups (broad SMARTS) is 1. The van der Waals surface area contributed by atoms with E-state index < -0.39 is 0 Å². The van der Waals surface area contributed by atoms with Crippen molar-refractivity contribution in [2.75, 3.05) is 6.54 Å². The number of esters is 1. The number of carbonyl (C=O) groups excluding carboxylic acids is 2. The SMILES string of the molecule is CC.CC.CC(=O)OC1CCC(C)(C2CCC3C4CCCC4(C(=O)NCCC4CCCCC4)CC[C@@]3(C)C2(C)C)C(C)C1(C)C.CCC(C)(C)C.O=CO. The molecule has 0 radical (unpaired) electrons. The van der Waals surface area contributed by atoms with E-state index in [0.717, 1.165) is 38.1 Å². The lowest BCUT2D eigenvalue weighted by atomic mass is 9.36. The van der Waals surface area contributed by atoms with Crippen LogP contribution in [0.25, 0.3) is 0 Å². The number of carbonyl (C=O) groups is 3. The second-order valence-corrected chi connectivity index (χ2v) is 20.3. The van der Waals surface area contributed by atoms with Gasteiger partial charge in [0.25, 0.3) is 6.47 Å². The Morgan fingerprint density at radius 1 is 0.796 bits per heavy atom. The Morgan fingerprint density at radius 3 is 1.87 bits per heavy atom. The number of ether oxygens (including phenoxy) is 1. The predicted octanol–water partition coefficient (Wildman–Crippen LogP) is 13.3. The van der Waals surface area contributed by atoms with Crippen molar-refractivity contribution in [3.63, 3.8) is 0 Å². The highest BCUT2D eigenvalue weighted by Crippen LogP contribution is 2.73. The van der Waals surface area contributed by atoms with Crippen molar-refractivity contribution >= 4 is 18.3 Å². The summed E-state index contributed by atoms with van der Waals surface area (Å²) >= 11 is 0. The zero-order chi connectivity index (χ0) is 41.8. The summed E-state index contributed by atoms with van der Waals surface area (Å²) in [6.45, 7) is 36.6. The molecule has 0 aromatic heterocycles. The van der Waals surface area contributed by atoms with Gasteiger partial charge in [0.05, 0.1) is 5.41 Å². The molecule has 54 heavy (non-hydrogen) atoms. The molecule has 0 bridgehead atoms. The maximum atomic E-state index is 14.0. The Kier molecular flexibility index (Phi) is 19.8. The van der Waals surface area contributed by atoms with Crippen LogP contribution in [-0.2, 0) is 19.1 Å². The summed E-state index contributed by atoms with van der Waals surface area (Å²) in [6.07, 6.45) is 19.8. The van der Waals surface area contributed by atoms with Gasteiger partial charge in [-0.05, 0) is 109 Å². The van der Waals surface area contributed by atoms with Gasteiger partial charge in [-0.25, -0.2) is 0 Å². The fraction of sp³-hybridized carbons (Fsp3) is 0.938. The van der Waals surface area contributed by atoms with E-state index >= 15 is 0 Å². The number of amides is 1. The summed E-state index contributed by atoms with van der Waals surface area (Å²) in [6, 6.07) is 0. The van der Waals surface area contributed by atoms with Crippen LogP contribution < -0.4 is 5.32 Å². The normalized spacial score (nSPS) is 35.1. The van der Waals surface area contributed by atoms with Gasteiger partial charge in [-0.15, -0.1) is 0 Å². The van der Waals surface area contributed by atoms with E-state index in [1.165, 1.54) is 77.0 Å². The van der Waals surface area contributed by atoms with Crippen LogP contribution in [0.3, 0.4) is 0 Å². The van der Waals surface area contributed by atoms with Crippen LogP contribution in [0.5, 0.6) is 0 Å². The summed E-state index contributed by atoms with van der Waals surface area (Å²) in [5.41, 5.74) is 1.01. The molecule has 7 unspecified atom stereocenters. The molecule has 0 aromatic carbocycles. The average molecular weight is 762 g/mol. The molecule has 318 valence electrons. The third kappa shape index (κ3) is 11.1. The van der Waals surface area contributed by atoms with E-state index in [0.29, 0.717) is 35.0 Å². The highest BCUT2D eigenvalue weighted by molar-refractivity contribution is 5.83. The van der Waals surface area contributed by atoms with Crippen molar-refractivity contribution in [2.24, 2.45) is 62.1 Å². The van der Waals surface area contributed by atoms with Crippen LogP contribution in [0.4, 0.5) is 0 Å². The Hall–Kier alpha value is -1.59. The third-order valence-electron chi connectivity index (χ3n) is 16.4. The number of nitrogens with one attached hydrogen (secondary N) is 1. The molecule has 5 aliphatic rings. The van der Waals surface area contributed by atoms with E-state index in [4.69, 9.17) is 14.6 Å². The second-order valence-electron chi connectivity index (χ2n) is 20.3. The van der Waals surface area contributed by atoms with Gasteiger partial charge in [-0.3, -0.25) is 14.4 Å². The molecule has 0 spiro atoms. The molecular formula is C48H91NO5. The fourth-order valence-corrected chi connectivity index (χ4v) is 12.2. The lowest BCUT2D eigenvalue weighted by Gasteiger charge is -2.68. The summed E-state index contributed by atoms with van der Waals surface area (Å²) < 4.78 is 5.88. The Labute approximate surface area is 335 Å². The van der Waals surface area contributed by atoms with Crippen LogP contribution >= 0.6 is 0 Å². The summed E-state index contributed by atoms with van der Waals surface area (Å²) in [4.78, 5) is 34.3. The monoisotopic (exact) mass is 762 g/mol. The Balaban J connectivity index is 0.000000984. The minimum Gasteiger partial charge on any atom is -0.483 e. The van der Waals surface area contributed by atoms with Crippen molar-refractivity contribution in [3.05, 3.63) is 0 Å². The molecule has 6 nitrogen and oxygen atoms in total. The van der Waals surface area contributed by atoms with Crippen LogP contribution in [0, 0.1) is 62.1 Å². The zero-order valence-electron chi connectivity index (χ0n) is 38.6. The predicted molar refractivity (Wildman–Crippen MR) is 228 cm³/mol. The van der Waals surface area contributed by atoms with Crippen LogP contribution in [0.2, 0.25) is 0 Å². The first kappa shape index (κ1) is 50.4. The second kappa shape index (κ2) is 21.2. The number of hydrogen-bond acceptors (Lipinski definition) is 4. The molecule has 0 aromatic rings. The first-order valence-corrected chi connectivity index (χ1v) is 22.7. The van der Waals surface area contributed by atoms with Crippen LogP contribution in [0.15, 0.2) is 0 Å². The van der Waals surface area contributed by atoms with Gasteiger partial charge in [0.15, 0.2) is 0 Å². The summed E-state index contributed by atoms with van der Waals surface area (Å²) in [5.74, 6) is 3.35. The van der Waals surface area contributed by atoms with Gasteiger partial charge in [-0.2, -0.15) is 0 Å². The van der Waals surface area contributed by atoms with Crippen LogP contribution in [-0.4, -0.2) is 36.1 Å². The maximum absolute atomic E-state index is 14.0. The zero-order valence-corrected chi connectivity index (χ0v) is 38.6. The van der Waals surface area contributed by atoms with E-state index in [1.54, 1.807) is 6.92 Å². The van der Waals surface area contributed by atoms with Gasteiger partial charge in [-0.1, -0.05) is 149 Å². The van der Waals surface area contributed by atoms with Crippen molar-refractivity contribution in [1.82, 2.24) is 5.32 Å². The Bertz CT molecular complexity index is 1130. The molecule has 0 saturated heterocycles. The van der Waals surface area contributed by atoms with Gasteiger partial charge >= 0.3 is 5.97 Å². The topological polar surface area (TPSA) is 92.7 Å². The van der Waals surface area contributed by atoms with Crippen molar-refractivity contribution in [3.8, 4) is 0 Å². The standard InChI is InChI=1S/C37H63NO3.C6H14.2C2H6.CH2O2/c1-25-33(3,4)31(41-26(2)39)18-21-35(25,7)30-17-16-28-29-15-12-20-37(29,23-22-36(28,8)34(30,5)6)32(40)38-24-19-27-13-10-9-11-14-27;1-5-6(2,3)4;2*1-2;2-1-3/h25,27-31H,9-24H2,1-8H3,(H,38,40);5H2,1-4H3;2*1-2H3;1H,(H,2,3)/t25?,28?,29?,30?,31?,35?,36-,37?;;;;/m1..../s1. The molecule has 0 heterocycles. The highest BCUT2D eigenvalue weighted by Gasteiger charge is 2.67. The largest absolute Gasteiger partial charge is 0.483 e. The number of fused-ring (bicyclic) bond motifs is 3. The molecule has 6 heteroatoms. The van der Waals surface area contributed by atoms with Gasteiger partial charge in [0.1, 0.15) is 6.10 Å². The number of hydrogen-bond donors (Lipinski definition) is 2. The molecule has 8 atom stereocenters. The van der Waals surface area contributed by atoms with Gasteiger partial charge in [0.2, 0.25) is 5.91 Å². The molecular weight excluding hydrogens is 671 g/mol. The average Bonchev–Trinajstić information content (AvgIpc) is 3.57. The van der Waals surface area contributed by atoms with E-state index in [-0.39, 0.29) is 45.6 Å². The quantitative estimate of drug-likeness (QED) is 0.208. The molecule has 2 N–H and O–H groups in total. The first-order valence-electron chi connectivity index (χ1n) is 22.7. The molecule has 5 rings (SSSR count). The number of rotatable bonds is 6. The summed E-state index contributed by atoms with van der Waals surface area (Å²) in [7, 11) is 0. The molecule has 5 saturated carbocycles. The van der Waals surface area contributed by atoms with Gasteiger partial charge in [0, 0.05) is 18.9 Å². The third-order valence-corrected chi connectivity index (χ3v) is 16.4. The fourth-order valence-electron chi connectivity index (χ4n) is 12.2. The maximum Gasteiger partial charge on any atom is 0.302 e. The van der Waals surface area contributed by atoms with Gasteiger partial charge < -0.3 is 15.2 Å². The smallest absolute Gasteiger partial charge is 0.302 e. The molecule has 5 aliphatic carbocycles. The minimum absolute atomic E-state index is 0.00326. The molecule has 1 amide bonds. The molecule has 0 aliphatic heterocycles. The van der Waals surface area contributed by atoms with E-state index in [2.05, 4.69) is 81.5 Å². The highest BCUT2D eigenvalue weighted by atomic mass is 16.5. The lowest BCUT2D eigenvalue weighted by molar-refractivity contribution is -0.212. The van der Waals surface area contributed by atoms with Crippen molar-refractivity contribution in [1.29, 1.82) is 0 Å². The van der Waals surface area contributed by atoms with E-state index in [1.807, 2.05) is 27.7 Å². The minimum atomic E-state index is -0.250. The Morgan fingerprint density at radius 2 is 1.35 bits per heavy atom.